The zero-order valence-corrected chi connectivity index (χ0v) is 20.1. The summed E-state index contributed by atoms with van der Waals surface area (Å²) >= 11 is 9.18. The molecule has 8 heteroatoms. The predicted molar refractivity (Wildman–Crippen MR) is 129 cm³/mol. The standard InChI is InChI=1S/C23H26ClN3O2S2/c1-15(2)9-11-27-22(29)17-8-7-16(24)13-18(17)25-23(27)31-14-21(28)26-10-3-5-19(26)20-6-4-12-30-20/h4,6-8,12-13,15,19H,3,5,9-11,14H2,1-2H3. The van der Waals surface area contributed by atoms with E-state index >= 15 is 0 Å². The van der Waals surface area contributed by atoms with Gasteiger partial charge in [-0.2, -0.15) is 0 Å². The van der Waals surface area contributed by atoms with E-state index in [1.807, 2.05) is 11.0 Å². The van der Waals surface area contributed by atoms with Crippen LogP contribution in [0.1, 0.15) is 44.0 Å². The van der Waals surface area contributed by atoms with Crippen molar-refractivity contribution in [1.29, 1.82) is 0 Å². The highest BCUT2D eigenvalue weighted by atomic mass is 35.5. The van der Waals surface area contributed by atoms with Gasteiger partial charge in [0.15, 0.2) is 5.16 Å². The van der Waals surface area contributed by atoms with E-state index in [-0.39, 0.29) is 23.3 Å². The quantitative estimate of drug-likeness (QED) is 0.329. The molecule has 1 aromatic carbocycles. The molecule has 1 saturated heterocycles. The summed E-state index contributed by atoms with van der Waals surface area (Å²) in [5, 5.41) is 3.74. The zero-order valence-electron chi connectivity index (χ0n) is 17.7. The van der Waals surface area contributed by atoms with E-state index in [0.29, 0.717) is 33.5 Å². The van der Waals surface area contributed by atoms with Gasteiger partial charge < -0.3 is 4.90 Å². The number of thioether (sulfide) groups is 1. The van der Waals surface area contributed by atoms with Crippen molar-refractivity contribution in [2.24, 2.45) is 5.92 Å². The Bertz CT molecular complexity index is 1130. The SMILES string of the molecule is CC(C)CCn1c(SCC(=O)N2CCCC2c2cccs2)nc2cc(Cl)ccc2c1=O. The van der Waals surface area contributed by atoms with Gasteiger partial charge in [-0.1, -0.05) is 43.3 Å². The number of rotatable bonds is 7. The van der Waals surface area contributed by atoms with Gasteiger partial charge in [0.2, 0.25) is 5.91 Å². The van der Waals surface area contributed by atoms with Crippen molar-refractivity contribution in [2.75, 3.05) is 12.3 Å². The van der Waals surface area contributed by atoms with Crippen LogP contribution in [0, 0.1) is 5.92 Å². The van der Waals surface area contributed by atoms with Crippen molar-refractivity contribution in [2.45, 2.75) is 50.9 Å². The average molecular weight is 476 g/mol. The van der Waals surface area contributed by atoms with E-state index in [0.717, 1.165) is 25.8 Å². The minimum absolute atomic E-state index is 0.0742. The number of carbonyl (C=O) groups is 1. The molecule has 1 amide bonds. The van der Waals surface area contributed by atoms with Crippen molar-refractivity contribution in [3.63, 3.8) is 0 Å². The number of thiophene rings is 1. The van der Waals surface area contributed by atoms with Crippen LogP contribution in [0.2, 0.25) is 5.02 Å². The summed E-state index contributed by atoms with van der Waals surface area (Å²) in [6.45, 7) is 5.63. The highest BCUT2D eigenvalue weighted by Crippen LogP contribution is 2.35. The molecule has 3 heterocycles. The van der Waals surface area contributed by atoms with Crippen molar-refractivity contribution < 1.29 is 4.79 Å². The van der Waals surface area contributed by atoms with E-state index in [1.165, 1.54) is 16.6 Å². The smallest absolute Gasteiger partial charge is 0.262 e. The molecule has 1 aliphatic rings. The van der Waals surface area contributed by atoms with Crippen molar-refractivity contribution >= 4 is 51.5 Å². The lowest BCUT2D eigenvalue weighted by atomic mass is 10.1. The molecule has 1 unspecified atom stereocenters. The maximum Gasteiger partial charge on any atom is 0.262 e. The van der Waals surface area contributed by atoms with E-state index in [9.17, 15) is 9.59 Å². The first-order valence-corrected chi connectivity index (χ1v) is 12.8. The number of fused-ring (bicyclic) bond motifs is 1. The molecule has 31 heavy (non-hydrogen) atoms. The Morgan fingerprint density at radius 3 is 2.94 bits per heavy atom. The Kier molecular flexibility index (Phi) is 7.04. The van der Waals surface area contributed by atoms with Gasteiger partial charge in [-0.3, -0.25) is 14.2 Å². The van der Waals surface area contributed by atoms with Crippen LogP contribution in [0.15, 0.2) is 45.7 Å². The summed E-state index contributed by atoms with van der Waals surface area (Å²) in [6.07, 6.45) is 2.89. The highest BCUT2D eigenvalue weighted by molar-refractivity contribution is 7.99. The largest absolute Gasteiger partial charge is 0.334 e. The summed E-state index contributed by atoms with van der Waals surface area (Å²) in [5.74, 6) is 0.822. The van der Waals surface area contributed by atoms with E-state index < -0.39 is 0 Å². The third-order valence-electron chi connectivity index (χ3n) is 5.58. The first kappa shape index (κ1) is 22.4. The number of carbonyl (C=O) groups excluding carboxylic acids is 1. The molecule has 3 aromatic rings. The minimum atomic E-state index is -0.0742. The van der Waals surface area contributed by atoms with Crippen molar-refractivity contribution in [3.05, 3.63) is 56.0 Å². The Morgan fingerprint density at radius 1 is 1.35 bits per heavy atom. The zero-order chi connectivity index (χ0) is 22.0. The fourth-order valence-electron chi connectivity index (χ4n) is 3.92. The molecule has 5 nitrogen and oxygen atoms in total. The third kappa shape index (κ3) is 4.99. The van der Waals surface area contributed by atoms with Crippen LogP contribution in [0.5, 0.6) is 0 Å². The van der Waals surface area contributed by atoms with E-state index in [1.54, 1.807) is 34.1 Å². The second-order valence-electron chi connectivity index (χ2n) is 8.24. The van der Waals surface area contributed by atoms with E-state index in [4.69, 9.17) is 16.6 Å². The lowest BCUT2D eigenvalue weighted by molar-refractivity contribution is -0.129. The molecular weight excluding hydrogens is 450 g/mol. The Hall–Kier alpha value is -1.83. The van der Waals surface area contributed by atoms with Crippen LogP contribution < -0.4 is 5.56 Å². The molecule has 1 atom stereocenters. The summed E-state index contributed by atoms with van der Waals surface area (Å²) in [7, 11) is 0. The normalized spacial score (nSPS) is 16.5. The fourth-order valence-corrected chi connectivity index (χ4v) is 5.87. The lowest BCUT2D eigenvalue weighted by Gasteiger charge is -2.24. The van der Waals surface area contributed by atoms with Crippen LogP contribution in [0.3, 0.4) is 0 Å². The number of amides is 1. The molecular formula is C23H26ClN3O2S2. The number of nitrogens with zero attached hydrogens (tertiary/aromatic N) is 3. The molecule has 1 aliphatic heterocycles. The number of hydrogen-bond acceptors (Lipinski definition) is 5. The highest BCUT2D eigenvalue weighted by Gasteiger charge is 2.30. The molecule has 0 spiro atoms. The van der Waals surface area contributed by atoms with Crippen LogP contribution >= 0.6 is 34.7 Å². The second-order valence-corrected chi connectivity index (χ2v) is 10.6. The molecule has 1 fully saturated rings. The molecule has 0 N–H and O–H groups in total. The van der Waals surface area contributed by atoms with Gasteiger partial charge in [0, 0.05) is 23.0 Å². The van der Waals surface area contributed by atoms with Gasteiger partial charge in [-0.15, -0.1) is 11.3 Å². The number of benzene rings is 1. The molecule has 0 saturated carbocycles. The first-order chi connectivity index (χ1) is 14.9. The predicted octanol–water partition coefficient (Wildman–Crippen LogP) is 5.61. The molecule has 0 aliphatic carbocycles. The summed E-state index contributed by atoms with van der Waals surface area (Å²) < 4.78 is 1.72. The van der Waals surface area contributed by atoms with Gasteiger partial charge >= 0.3 is 0 Å². The van der Waals surface area contributed by atoms with Gasteiger partial charge in [-0.05, 0) is 54.8 Å². The monoisotopic (exact) mass is 475 g/mol. The third-order valence-corrected chi connectivity index (χ3v) is 7.75. The van der Waals surface area contributed by atoms with Crippen molar-refractivity contribution in [3.8, 4) is 0 Å². The fraction of sp³-hybridized carbons (Fsp3) is 0.435. The number of likely N-dealkylation sites (tertiary alicyclic amines) is 1. The molecule has 2 aromatic heterocycles. The van der Waals surface area contributed by atoms with Gasteiger partial charge in [0.05, 0.1) is 22.7 Å². The second kappa shape index (κ2) is 9.76. The van der Waals surface area contributed by atoms with Crippen LogP contribution in [-0.2, 0) is 11.3 Å². The summed E-state index contributed by atoms with van der Waals surface area (Å²) in [4.78, 5) is 34.2. The molecule has 0 bridgehead atoms. The van der Waals surface area contributed by atoms with Gasteiger partial charge in [0.1, 0.15) is 0 Å². The Balaban J connectivity index is 1.58. The van der Waals surface area contributed by atoms with Gasteiger partial charge in [0.25, 0.3) is 5.56 Å². The van der Waals surface area contributed by atoms with Crippen molar-refractivity contribution in [1.82, 2.24) is 14.5 Å². The minimum Gasteiger partial charge on any atom is -0.334 e. The Morgan fingerprint density at radius 2 is 2.19 bits per heavy atom. The lowest BCUT2D eigenvalue weighted by Crippen LogP contribution is -2.32. The van der Waals surface area contributed by atoms with Crippen LogP contribution in [0.25, 0.3) is 10.9 Å². The molecule has 164 valence electrons. The molecule has 4 rings (SSSR count). The summed E-state index contributed by atoms with van der Waals surface area (Å²) in [6, 6.07) is 9.46. The van der Waals surface area contributed by atoms with Crippen LogP contribution in [0.4, 0.5) is 0 Å². The van der Waals surface area contributed by atoms with Crippen LogP contribution in [-0.4, -0.2) is 32.7 Å². The average Bonchev–Trinajstić information content (AvgIpc) is 3.42. The molecule has 0 radical (unpaired) electrons. The maximum absolute atomic E-state index is 13.2. The summed E-state index contributed by atoms with van der Waals surface area (Å²) in [5.41, 5.74) is 0.501. The van der Waals surface area contributed by atoms with Gasteiger partial charge in [-0.25, -0.2) is 4.98 Å². The topological polar surface area (TPSA) is 55.2 Å². The number of halogens is 1. The first-order valence-electron chi connectivity index (χ1n) is 10.6. The number of hydrogen-bond donors (Lipinski definition) is 0. The van der Waals surface area contributed by atoms with E-state index in [2.05, 4.69) is 25.3 Å². The number of aromatic nitrogens is 2. The maximum atomic E-state index is 13.2. The Labute approximate surface area is 195 Å².